The molecule has 0 saturated carbocycles. The molecule has 0 radical (unpaired) electrons. The summed E-state index contributed by atoms with van der Waals surface area (Å²) in [6.45, 7) is 2.67. The number of hydrogen-bond acceptors (Lipinski definition) is 4. The summed E-state index contributed by atoms with van der Waals surface area (Å²) in [6.07, 6.45) is 7.34. The number of carbonyl (C=O) groups excluding carboxylic acids is 1. The monoisotopic (exact) mass is 426 g/mol. The van der Waals surface area contributed by atoms with E-state index in [1.54, 1.807) is 0 Å². The van der Waals surface area contributed by atoms with E-state index in [1.807, 2.05) is 30.3 Å². The standard InChI is InChI=1S/C17H21IN3O2/c1-13-8-6-7-11-15(13)18-16(17(22)23-2)20-21-19-12-14-9-4-3-5-10-14/h3-7,9-11,13,16H,8,12H2,1-2H3,(H,19,20)/q-1. The maximum atomic E-state index is 12.0. The van der Waals surface area contributed by atoms with Crippen LogP contribution in [0.3, 0.4) is 0 Å². The summed E-state index contributed by atoms with van der Waals surface area (Å²) < 4.78 is 5.81. The quantitative estimate of drug-likeness (QED) is 0.169. The Labute approximate surface area is 147 Å². The molecule has 0 aromatic heterocycles. The van der Waals surface area contributed by atoms with Gasteiger partial charge in [-0.15, -0.1) is 0 Å². The first-order chi connectivity index (χ1) is 11.2. The van der Waals surface area contributed by atoms with Crippen molar-refractivity contribution in [3.63, 3.8) is 0 Å². The van der Waals surface area contributed by atoms with Crippen LogP contribution in [0.2, 0.25) is 0 Å². The number of ether oxygens (including phenoxy) is 1. The normalized spacial score (nSPS) is 18.7. The Morgan fingerprint density at radius 1 is 1.43 bits per heavy atom. The number of rotatable bonds is 7. The van der Waals surface area contributed by atoms with E-state index in [4.69, 9.17) is 4.74 Å². The van der Waals surface area contributed by atoms with Crippen molar-refractivity contribution in [2.75, 3.05) is 7.11 Å². The second-order valence-corrected chi connectivity index (χ2v) is 8.24. The summed E-state index contributed by atoms with van der Waals surface area (Å²) in [5.74, 6) is 0.196. The summed E-state index contributed by atoms with van der Waals surface area (Å²) in [4.78, 5) is 12.0. The fraction of sp³-hybridized carbons (Fsp3) is 0.353. The van der Waals surface area contributed by atoms with E-state index in [-0.39, 0.29) is 5.97 Å². The molecule has 1 aliphatic carbocycles. The molecule has 2 unspecified atom stereocenters. The molecule has 0 saturated heterocycles. The predicted octanol–water partition coefficient (Wildman–Crippen LogP) is 0.211. The van der Waals surface area contributed by atoms with Gasteiger partial charge in [0.25, 0.3) is 0 Å². The van der Waals surface area contributed by atoms with Crippen molar-refractivity contribution in [3.8, 4) is 0 Å². The van der Waals surface area contributed by atoms with E-state index in [0.29, 0.717) is 12.5 Å². The summed E-state index contributed by atoms with van der Waals surface area (Å²) in [7, 11) is 1.40. The van der Waals surface area contributed by atoms with Crippen LogP contribution in [0.5, 0.6) is 0 Å². The molecule has 1 aromatic rings. The van der Waals surface area contributed by atoms with Gasteiger partial charge in [0.05, 0.1) is 0 Å². The summed E-state index contributed by atoms with van der Waals surface area (Å²) >= 11 is -0.552. The Morgan fingerprint density at radius 3 is 2.91 bits per heavy atom. The van der Waals surface area contributed by atoms with Crippen LogP contribution in [-0.2, 0) is 16.1 Å². The second-order valence-electron chi connectivity index (χ2n) is 5.13. The van der Waals surface area contributed by atoms with Crippen LogP contribution in [0.15, 0.2) is 62.5 Å². The third-order valence-electron chi connectivity index (χ3n) is 3.33. The molecule has 1 aromatic carbocycles. The molecule has 0 heterocycles. The fourth-order valence-corrected chi connectivity index (χ4v) is 4.78. The van der Waals surface area contributed by atoms with E-state index in [2.05, 4.69) is 40.9 Å². The third-order valence-corrected chi connectivity index (χ3v) is 6.88. The van der Waals surface area contributed by atoms with Gasteiger partial charge < -0.3 is 0 Å². The number of alkyl halides is 1. The first-order valence-electron chi connectivity index (χ1n) is 7.44. The molecule has 0 spiro atoms. The van der Waals surface area contributed by atoms with E-state index in [9.17, 15) is 4.79 Å². The number of methoxy groups -OCH3 is 1. The molecule has 124 valence electrons. The van der Waals surface area contributed by atoms with Gasteiger partial charge in [-0.3, -0.25) is 0 Å². The molecule has 6 heteroatoms. The van der Waals surface area contributed by atoms with Crippen molar-refractivity contribution in [3.05, 3.63) is 57.7 Å². The molecule has 1 aliphatic rings. The minimum absolute atomic E-state index is 0.279. The van der Waals surface area contributed by atoms with Crippen LogP contribution < -0.4 is 26.6 Å². The summed E-state index contributed by atoms with van der Waals surface area (Å²) in [6, 6.07) is 9.87. The van der Waals surface area contributed by atoms with Gasteiger partial charge in [0.2, 0.25) is 0 Å². The number of carbonyl (C=O) groups is 1. The number of nitrogens with zero attached hydrogens (tertiary/aromatic N) is 2. The van der Waals surface area contributed by atoms with E-state index >= 15 is 0 Å². The van der Waals surface area contributed by atoms with Gasteiger partial charge in [0.1, 0.15) is 0 Å². The Balaban J connectivity index is 1.92. The predicted molar refractivity (Wildman–Crippen MR) is 84.9 cm³/mol. The van der Waals surface area contributed by atoms with Gasteiger partial charge in [-0.25, -0.2) is 0 Å². The Kier molecular flexibility index (Phi) is 7.25. The van der Waals surface area contributed by atoms with Gasteiger partial charge in [0, 0.05) is 0 Å². The van der Waals surface area contributed by atoms with Gasteiger partial charge in [-0.2, -0.15) is 0 Å². The van der Waals surface area contributed by atoms with E-state index < -0.39 is 25.3 Å². The minimum atomic E-state index is -0.552. The van der Waals surface area contributed by atoms with E-state index in [0.717, 1.165) is 12.0 Å². The Hall–Kier alpha value is -1.70. The van der Waals surface area contributed by atoms with Crippen molar-refractivity contribution in [2.45, 2.75) is 23.9 Å². The SMILES string of the molecule is COC(=O)C(NN=NCc1ccccc1)[I-]C1=CC=CCC1C. The van der Waals surface area contributed by atoms with Crippen molar-refractivity contribution >= 4 is 5.97 Å². The Morgan fingerprint density at radius 2 is 2.22 bits per heavy atom. The Bertz CT molecular complexity index is 599. The van der Waals surface area contributed by atoms with Crippen molar-refractivity contribution in [1.29, 1.82) is 0 Å². The third kappa shape index (κ3) is 5.78. The molecule has 0 fully saturated rings. The average molecular weight is 426 g/mol. The number of hydrogen-bond donors (Lipinski definition) is 1. The number of allylic oxidation sites excluding steroid dienone is 4. The molecule has 0 aliphatic heterocycles. The molecule has 0 bridgehead atoms. The molecular formula is C17H21IN3O2-. The average Bonchev–Trinajstić information content (AvgIpc) is 2.59. The van der Waals surface area contributed by atoms with Gasteiger partial charge in [-0.1, -0.05) is 0 Å². The molecule has 1 N–H and O–H groups in total. The molecule has 0 amide bonds. The van der Waals surface area contributed by atoms with Crippen molar-refractivity contribution < 1.29 is 30.7 Å². The van der Waals surface area contributed by atoms with Crippen LogP contribution in [0.4, 0.5) is 0 Å². The van der Waals surface area contributed by atoms with Crippen LogP contribution in [-0.4, -0.2) is 17.1 Å². The fourth-order valence-electron chi connectivity index (χ4n) is 2.01. The second kappa shape index (κ2) is 9.44. The van der Waals surface area contributed by atoms with Crippen molar-refractivity contribution in [2.24, 2.45) is 16.3 Å². The van der Waals surface area contributed by atoms with Crippen molar-refractivity contribution in [1.82, 2.24) is 5.43 Å². The first kappa shape index (κ1) is 17.7. The molecule has 2 rings (SSSR count). The van der Waals surface area contributed by atoms with Crippen LogP contribution in [0, 0.1) is 5.92 Å². The topological polar surface area (TPSA) is 63.0 Å². The van der Waals surface area contributed by atoms with Gasteiger partial charge in [0.15, 0.2) is 0 Å². The molecule has 2 atom stereocenters. The maximum absolute atomic E-state index is 12.0. The van der Waals surface area contributed by atoms with Crippen LogP contribution in [0.1, 0.15) is 18.9 Å². The summed E-state index contributed by atoms with van der Waals surface area (Å²) in [5.41, 5.74) is 3.96. The molecule has 23 heavy (non-hydrogen) atoms. The van der Waals surface area contributed by atoms with Gasteiger partial charge in [-0.05, 0) is 0 Å². The zero-order valence-corrected chi connectivity index (χ0v) is 15.4. The number of esters is 1. The first-order valence-corrected chi connectivity index (χ1v) is 9.77. The van der Waals surface area contributed by atoms with Crippen LogP contribution in [0.25, 0.3) is 0 Å². The van der Waals surface area contributed by atoms with Gasteiger partial charge >= 0.3 is 147 Å². The van der Waals surface area contributed by atoms with Crippen LogP contribution >= 0.6 is 0 Å². The zero-order chi connectivity index (χ0) is 16.5. The zero-order valence-electron chi connectivity index (χ0n) is 13.3. The number of halogens is 1. The number of nitrogens with one attached hydrogen (secondary N) is 1. The molecular weight excluding hydrogens is 405 g/mol. The summed E-state index contributed by atoms with van der Waals surface area (Å²) in [5, 5.41) is 8.08. The number of benzene rings is 1. The molecule has 5 nitrogen and oxygen atoms in total. The van der Waals surface area contributed by atoms with E-state index in [1.165, 1.54) is 10.7 Å².